The van der Waals surface area contributed by atoms with E-state index in [-0.39, 0.29) is 53.7 Å². The number of ketones is 1. The minimum absolute atomic E-state index is 0.0275. The monoisotopic (exact) mass is 530 g/mol. The lowest BCUT2D eigenvalue weighted by Gasteiger charge is -2.47. The Morgan fingerprint density at radius 1 is 1.18 bits per heavy atom. The summed E-state index contributed by atoms with van der Waals surface area (Å²) >= 11 is 0. The summed E-state index contributed by atoms with van der Waals surface area (Å²) < 4.78 is 52.8. The van der Waals surface area contributed by atoms with E-state index in [9.17, 15) is 27.9 Å². The largest absolute Gasteiger partial charge is 0.504 e. The Balaban J connectivity index is 2.07. The number of amidine groups is 1. The van der Waals surface area contributed by atoms with Gasteiger partial charge in [0.25, 0.3) is 0 Å². The molecule has 2 aromatic carbocycles. The van der Waals surface area contributed by atoms with Gasteiger partial charge in [-0.15, -0.1) is 0 Å². The molecule has 2 aliphatic rings. The van der Waals surface area contributed by atoms with E-state index >= 15 is 0 Å². The average molecular weight is 531 g/mol. The number of esters is 1. The highest BCUT2D eigenvalue weighted by Crippen LogP contribution is 2.52. The molecule has 38 heavy (non-hydrogen) atoms. The van der Waals surface area contributed by atoms with Gasteiger partial charge in [-0.25, -0.2) is 0 Å². The van der Waals surface area contributed by atoms with E-state index in [0.29, 0.717) is 5.56 Å². The number of nitrogens with one attached hydrogen (secondary N) is 1. The molecule has 2 aromatic rings. The molecule has 0 radical (unpaired) electrons. The van der Waals surface area contributed by atoms with Crippen molar-refractivity contribution >= 4 is 23.3 Å². The van der Waals surface area contributed by atoms with Gasteiger partial charge in [-0.3, -0.25) is 15.0 Å². The number of carbonyl (C=O) groups excluding carboxylic acids is 2. The van der Waals surface area contributed by atoms with Gasteiger partial charge in [0.15, 0.2) is 17.3 Å². The predicted octanol–water partition coefficient (Wildman–Crippen LogP) is 5.82. The lowest BCUT2D eigenvalue weighted by Crippen LogP contribution is -2.51. The summed E-state index contributed by atoms with van der Waals surface area (Å²) in [6.45, 7) is 5.23. The molecule has 2 N–H and O–H groups in total. The number of phenols is 1. The van der Waals surface area contributed by atoms with E-state index in [4.69, 9.17) is 14.9 Å². The minimum Gasteiger partial charge on any atom is -0.504 e. The number of anilines is 1. The standard InChI is InChI=1S/C28H29F3N2O5/c1-5-38-26(36)24-22(15-10-11-19(34)21(12-15)37-4)23-18(13-27(2,3)14-20(23)35)33(25(24)32)17-9-7-6-8-16(17)28(29,30)31/h6-12,22,24,32,34H,5,13-14H2,1-4H3. The Kier molecular flexibility index (Phi) is 7.03. The number of halogens is 3. The van der Waals surface area contributed by atoms with Crippen molar-refractivity contribution in [3.63, 3.8) is 0 Å². The van der Waals surface area contributed by atoms with Crippen molar-refractivity contribution in [1.29, 1.82) is 5.41 Å². The molecule has 0 spiro atoms. The molecular weight excluding hydrogens is 501 g/mol. The van der Waals surface area contributed by atoms with Crippen LogP contribution in [-0.2, 0) is 20.5 Å². The number of methoxy groups -OCH3 is 1. The van der Waals surface area contributed by atoms with Crippen LogP contribution in [0.15, 0.2) is 53.7 Å². The molecule has 0 saturated carbocycles. The fraction of sp³-hybridized carbons (Fsp3) is 0.393. The van der Waals surface area contributed by atoms with Crippen molar-refractivity contribution in [3.8, 4) is 11.5 Å². The topological polar surface area (TPSA) is 99.9 Å². The smallest absolute Gasteiger partial charge is 0.418 e. The molecule has 7 nitrogen and oxygen atoms in total. The zero-order chi connectivity index (χ0) is 28.0. The quantitative estimate of drug-likeness (QED) is 0.473. The first-order valence-electron chi connectivity index (χ1n) is 12.1. The van der Waals surface area contributed by atoms with Crippen LogP contribution in [0.5, 0.6) is 11.5 Å². The Morgan fingerprint density at radius 3 is 2.50 bits per heavy atom. The Labute approximate surface area is 218 Å². The molecule has 0 bridgehead atoms. The Morgan fingerprint density at radius 2 is 1.87 bits per heavy atom. The Bertz CT molecular complexity index is 1330. The second-order valence-corrected chi connectivity index (χ2v) is 10.2. The molecule has 1 aliphatic carbocycles. The van der Waals surface area contributed by atoms with E-state index in [1.54, 1.807) is 6.92 Å². The number of rotatable bonds is 5. The average Bonchev–Trinajstić information content (AvgIpc) is 2.82. The molecule has 4 rings (SSSR count). The number of carbonyl (C=O) groups is 2. The molecule has 2 atom stereocenters. The number of benzene rings is 2. The molecule has 1 aliphatic heterocycles. The van der Waals surface area contributed by atoms with Crippen LogP contribution in [-0.4, -0.2) is 36.4 Å². The second-order valence-electron chi connectivity index (χ2n) is 10.2. The summed E-state index contributed by atoms with van der Waals surface area (Å²) in [5, 5.41) is 19.3. The van der Waals surface area contributed by atoms with Crippen molar-refractivity contribution in [3.05, 3.63) is 64.9 Å². The molecule has 10 heteroatoms. The lowest BCUT2D eigenvalue weighted by molar-refractivity contribution is -0.146. The van der Waals surface area contributed by atoms with Crippen LogP contribution in [0.2, 0.25) is 0 Å². The lowest BCUT2D eigenvalue weighted by atomic mass is 9.66. The number of hydrogen-bond acceptors (Lipinski definition) is 6. The Hall–Kier alpha value is -3.82. The molecule has 202 valence electrons. The molecule has 0 amide bonds. The third kappa shape index (κ3) is 4.75. The highest BCUT2D eigenvalue weighted by atomic mass is 19.4. The summed E-state index contributed by atoms with van der Waals surface area (Å²) in [6.07, 6.45) is -4.44. The molecule has 0 aromatic heterocycles. The molecule has 0 fully saturated rings. The van der Waals surface area contributed by atoms with Gasteiger partial charge in [-0.1, -0.05) is 32.0 Å². The van der Waals surface area contributed by atoms with Crippen molar-refractivity contribution < 1.29 is 37.3 Å². The molecule has 2 unspecified atom stereocenters. The van der Waals surface area contributed by atoms with Gasteiger partial charge in [0.2, 0.25) is 0 Å². The summed E-state index contributed by atoms with van der Waals surface area (Å²) in [5.41, 5.74) is -1.13. The van der Waals surface area contributed by atoms with Gasteiger partial charge >= 0.3 is 12.1 Å². The van der Waals surface area contributed by atoms with Crippen LogP contribution in [0.4, 0.5) is 18.9 Å². The van der Waals surface area contributed by atoms with E-state index in [1.165, 1.54) is 43.5 Å². The first-order valence-corrected chi connectivity index (χ1v) is 12.1. The summed E-state index contributed by atoms with van der Waals surface area (Å²) in [6, 6.07) is 9.15. The number of aromatic hydroxyl groups is 1. The zero-order valence-corrected chi connectivity index (χ0v) is 21.5. The highest BCUT2D eigenvalue weighted by Gasteiger charge is 2.52. The molecular formula is C28H29F3N2O5. The van der Waals surface area contributed by atoms with Gasteiger partial charge in [-0.2, -0.15) is 13.2 Å². The maximum atomic E-state index is 14.1. The van der Waals surface area contributed by atoms with Crippen LogP contribution >= 0.6 is 0 Å². The number of nitrogens with zero attached hydrogens (tertiary/aromatic N) is 1. The second kappa shape index (κ2) is 9.81. The number of phenolic OH excluding ortho intramolecular Hbond substituents is 1. The minimum atomic E-state index is -4.74. The van der Waals surface area contributed by atoms with Crippen molar-refractivity contribution in [2.75, 3.05) is 18.6 Å². The molecule has 0 saturated heterocycles. The predicted molar refractivity (Wildman–Crippen MR) is 134 cm³/mol. The number of hydrogen-bond donors (Lipinski definition) is 2. The molecule has 1 heterocycles. The number of Topliss-reactive ketones (excluding diaryl/α,β-unsaturated/α-hetero) is 1. The summed E-state index contributed by atoms with van der Waals surface area (Å²) in [5.74, 6) is -4.12. The van der Waals surface area contributed by atoms with Crippen molar-refractivity contribution in [1.82, 2.24) is 0 Å². The van der Waals surface area contributed by atoms with Crippen molar-refractivity contribution in [2.24, 2.45) is 11.3 Å². The van der Waals surface area contributed by atoms with Crippen LogP contribution in [0.3, 0.4) is 0 Å². The number of ether oxygens (including phenoxy) is 2. The summed E-state index contributed by atoms with van der Waals surface area (Å²) in [7, 11) is 1.35. The fourth-order valence-corrected chi connectivity index (χ4v) is 5.37. The van der Waals surface area contributed by atoms with Gasteiger partial charge < -0.3 is 19.5 Å². The zero-order valence-electron chi connectivity index (χ0n) is 21.5. The number of alkyl halides is 3. The number of para-hydroxylation sites is 1. The van der Waals surface area contributed by atoms with E-state index in [2.05, 4.69) is 0 Å². The maximum absolute atomic E-state index is 14.1. The van der Waals surface area contributed by atoms with Gasteiger partial charge in [0.05, 0.1) is 25.0 Å². The summed E-state index contributed by atoms with van der Waals surface area (Å²) in [4.78, 5) is 28.2. The van der Waals surface area contributed by atoms with E-state index < -0.39 is 40.8 Å². The van der Waals surface area contributed by atoms with Gasteiger partial charge in [0, 0.05) is 23.6 Å². The third-order valence-electron chi connectivity index (χ3n) is 6.90. The normalized spacial score (nSPS) is 21.3. The highest BCUT2D eigenvalue weighted by molar-refractivity contribution is 6.16. The van der Waals surface area contributed by atoms with Crippen LogP contribution < -0.4 is 9.64 Å². The SMILES string of the molecule is CCOC(=O)C1C(=N)N(c2ccccc2C(F)(F)F)C2=C(C(=O)CC(C)(C)C2)C1c1ccc(O)c(OC)c1. The van der Waals surface area contributed by atoms with Crippen LogP contribution in [0, 0.1) is 16.7 Å². The van der Waals surface area contributed by atoms with Crippen LogP contribution in [0.1, 0.15) is 50.7 Å². The first kappa shape index (κ1) is 27.2. The van der Waals surface area contributed by atoms with Gasteiger partial charge in [-0.05, 0) is 48.6 Å². The number of allylic oxidation sites excluding steroid dienone is 2. The first-order chi connectivity index (χ1) is 17.8. The van der Waals surface area contributed by atoms with Crippen LogP contribution in [0.25, 0.3) is 0 Å². The van der Waals surface area contributed by atoms with E-state index in [0.717, 1.165) is 11.0 Å². The van der Waals surface area contributed by atoms with E-state index in [1.807, 2.05) is 13.8 Å². The van der Waals surface area contributed by atoms with Crippen molar-refractivity contribution in [2.45, 2.75) is 45.7 Å². The maximum Gasteiger partial charge on any atom is 0.418 e. The third-order valence-corrected chi connectivity index (χ3v) is 6.90. The van der Waals surface area contributed by atoms with Gasteiger partial charge in [0.1, 0.15) is 11.8 Å². The fourth-order valence-electron chi connectivity index (χ4n) is 5.37.